The number of carbonyl (C=O) groups is 1. The third-order valence-electron chi connectivity index (χ3n) is 2.99. The van der Waals surface area contributed by atoms with Gasteiger partial charge in [-0.2, -0.15) is 13.2 Å². The summed E-state index contributed by atoms with van der Waals surface area (Å²) in [6, 6.07) is 4.65. The molecule has 25 heavy (non-hydrogen) atoms. The summed E-state index contributed by atoms with van der Waals surface area (Å²) in [6.45, 7) is 1.49. The lowest BCUT2D eigenvalue weighted by Gasteiger charge is -2.14. The number of alkyl halides is 3. The molecule has 7 nitrogen and oxygen atoms in total. The molecule has 0 aliphatic heterocycles. The number of benzene rings is 1. The number of nitrogens with two attached hydrogens (primary N) is 1. The molecule has 1 amide bonds. The molecular formula is C13H13ClF3N5O2S. The van der Waals surface area contributed by atoms with Crippen molar-refractivity contribution < 1.29 is 22.7 Å². The molecule has 2 aromatic rings. The molecular weight excluding hydrogens is 383 g/mol. The first-order chi connectivity index (χ1) is 11.6. The number of rotatable bonds is 5. The van der Waals surface area contributed by atoms with Gasteiger partial charge in [0.1, 0.15) is 5.75 Å². The second-order valence-electron chi connectivity index (χ2n) is 4.77. The summed E-state index contributed by atoms with van der Waals surface area (Å²) in [6.07, 6.45) is -4.74. The quantitative estimate of drug-likeness (QED) is 0.597. The number of carbonyl (C=O) groups excluding carboxylic acids is 1. The lowest BCUT2D eigenvalue weighted by atomic mass is 10.3. The number of thioether (sulfide) groups is 1. The van der Waals surface area contributed by atoms with Gasteiger partial charge in [0.15, 0.2) is 0 Å². The van der Waals surface area contributed by atoms with Crippen LogP contribution in [0.2, 0.25) is 5.02 Å². The smallest absolute Gasteiger partial charge is 0.453 e. The maximum Gasteiger partial charge on any atom is 0.453 e. The van der Waals surface area contributed by atoms with Crippen LogP contribution in [0.4, 0.5) is 18.9 Å². The number of amides is 1. The molecule has 0 aliphatic carbocycles. The molecule has 1 atom stereocenters. The van der Waals surface area contributed by atoms with E-state index in [9.17, 15) is 18.0 Å². The Morgan fingerprint density at radius 3 is 2.68 bits per heavy atom. The topological polar surface area (TPSA) is 95.1 Å². The average molecular weight is 396 g/mol. The van der Waals surface area contributed by atoms with Gasteiger partial charge < -0.3 is 15.9 Å². The molecule has 1 aromatic heterocycles. The van der Waals surface area contributed by atoms with E-state index in [4.69, 9.17) is 22.2 Å². The van der Waals surface area contributed by atoms with Gasteiger partial charge in [-0.05, 0) is 25.1 Å². The first-order valence-electron chi connectivity index (χ1n) is 6.72. The summed E-state index contributed by atoms with van der Waals surface area (Å²) in [5.41, 5.74) is 0.331. The number of hydrogen-bond donors (Lipinski definition) is 2. The van der Waals surface area contributed by atoms with Crippen molar-refractivity contribution in [2.45, 2.75) is 23.5 Å². The second-order valence-corrected chi connectivity index (χ2v) is 6.51. The zero-order valence-corrected chi connectivity index (χ0v) is 14.5. The third kappa shape index (κ3) is 4.48. The van der Waals surface area contributed by atoms with E-state index in [0.717, 1.165) is 11.8 Å². The zero-order valence-electron chi connectivity index (χ0n) is 13.0. The summed E-state index contributed by atoms with van der Waals surface area (Å²) >= 11 is 6.61. The van der Waals surface area contributed by atoms with Crippen molar-refractivity contribution in [2.24, 2.45) is 0 Å². The van der Waals surface area contributed by atoms with Gasteiger partial charge >= 0.3 is 6.18 Å². The average Bonchev–Trinajstić information content (AvgIpc) is 2.88. The van der Waals surface area contributed by atoms with Crippen molar-refractivity contribution >= 4 is 35.0 Å². The summed E-state index contributed by atoms with van der Waals surface area (Å²) in [5, 5.41) is 8.28. The molecule has 0 saturated heterocycles. The van der Waals surface area contributed by atoms with Crippen LogP contribution in [-0.2, 0) is 11.0 Å². The highest BCUT2D eigenvalue weighted by Crippen LogP contribution is 2.31. The molecule has 12 heteroatoms. The van der Waals surface area contributed by atoms with E-state index in [1.807, 2.05) is 0 Å². The number of hydrogen-bond acceptors (Lipinski definition) is 6. The molecule has 1 aromatic carbocycles. The number of nitrogens with one attached hydrogen (secondary N) is 1. The number of ether oxygens (including phenoxy) is 1. The van der Waals surface area contributed by atoms with E-state index in [1.54, 1.807) is 12.1 Å². The highest BCUT2D eigenvalue weighted by molar-refractivity contribution is 8.00. The van der Waals surface area contributed by atoms with Crippen molar-refractivity contribution in [2.75, 3.05) is 18.3 Å². The maximum atomic E-state index is 12.6. The van der Waals surface area contributed by atoms with E-state index in [2.05, 4.69) is 15.5 Å². The van der Waals surface area contributed by atoms with Crippen LogP contribution in [0, 0.1) is 0 Å². The maximum absolute atomic E-state index is 12.6. The van der Waals surface area contributed by atoms with Crippen LogP contribution in [0.1, 0.15) is 12.7 Å². The number of nitrogens with zero attached hydrogens (tertiary/aromatic N) is 3. The van der Waals surface area contributed by atoms with Gasteiger partial charge in [-0.1, -0.05) is 23.4 Å². The molecule has 0 radical (unpaired) electrons. The number of nitrogen functional groups attached to an aromatic ring is 1. The Hall–Kier alpha value is -2.14. The monoisotopic (exact) mass is 395 g/mol. The Balaban J connectivity index is 2.12. The molecule has 0 unspecified atom stereocenters. The highest BCUT2D eigenvalue weighted by Gasteiger charge is 2.38. The van der Waals surface area contributed by atoms with E-state index in [-0.39, 0.29) is 5.16 Å². The summed E-state index contributed by atoms with van der Waals surface area (Å²) in [4.78, 5) is 12.3. The Kier molecular flexibility index (Phi) is 5.68. The lowest BCUT2D eigenvalue weighted by molar-refractivity contribution is -0.146. The molecule has 2 rings (SSSR count). The largest absolute Gasteiger partial charge is 0.495 e. The van der Waals surface area contributed by atoms with Crippen molar-refractivity contribution in [3.05, 3.63) is 29.0 Å². The van der Waals surface area contributed by atoms with Gasteiger partial charge in [0.25, 0.3) is 5.82 Å². The fraction of sp³-hybridized carbons (Fsp3) is 0.308. The van der Waals surface area contributed by atoms with E-state index >= 15 is 0 Å². The first-order valence-corrected chi connectivity index (χ1v) is 7.98. The summed E-state index contributed by atoms with van der Waals surface area (Å²) in [5.74, 6) is 3.88. The molecule has 3 N–H and O–H groups in total. The fourth-order valence-electron chi connectivity index (χ4n) is 1.77. The molecule has 0 bridgehead atoms. The Bertz CT molecular complexity index is 784. The molecule has 1 heterocycles. The van der Waals surface area contributed by atoms with Crippen LogP contribution >= 0.6 is 23.4 Å². The first kappa shape index (κ1) is 19.2. The third-order valence-corrected chi connectivity index (χ3v) is 4.28. The SMILES string of the molecule is COc1ccc(Cl)cc1NC(=O)[C@H](C)Sc1nnc(C(F)(F)F)n1N. The van der Waals surface area contributed by atoms with Gasteiger partial charge in [-0.15, -0.1) is 10.2 Å². The van der Waals surface area contributed by atoms with Crippen LogP contribution < -0.4 is 15.9 Å². The van der Waals surface area contributed by atoms with Gasteiger partial charge in [0.2, 0.25) is 11.1 Å². The van der Waals surface area contributed by atoms with Crippen LogP contribution in [0.3, 0.4) is 0 Å². The standard InChI is InChI=1S/C13H13ClF3N5O2S/c1-6(25-12-21-20-11(22(12)18)13(15,16)17)10(23)19-8-5-7(14)3-4-9(8)24-2/h3-6H,18H2,1-2H3,(H,19,23)/t6-/m0/s1. The number of anilines is 1. The predicted molar refractivity (Wildman–Crippen MR) is 87.1 cm³/mol. The van der Waals surface area contributed by atoms with Crippen molar-refractivity contribution in [1.82, 2.24) is 14.9 Å². The van der Waals surface area contributed by atoms with Crippen molar-refractivity contribution in [3.63, 3.8) is 0 Å². The van der Waals surface area contributed by atoms with Gasteiger partial charge in [0.05, 0.1) is 18.0 Å². The molecule has 0 spiro atoms. The Labute approximate surface area is 149 Å². The molecule has 136 valence electrons. The number of aromatic nitrogens is 3. The van der Waals surface area contributed by atoms with E-state index in [0.29, 0.717) is 21.1 Å². The van der Waals surface area contributed by atoms with Crippen molar-refractivity contribution in [3.8, 4) is 5.75 Å². The predicted octanol–water partition coefficient (Wildman–Crippen LogP) is 2.79. The van der Waals surface area contributed by atoms with Crippen molar-refractivity contribution in [1.29, 1.82) is 0 Å². The Morgan fingerprint density at radius 1 is 1.44 bits per heavy atom. The normalized spacial score (nSPS) is 12.7. The summed E-state index contributed by atoms with van der Waals surface area (Å²) < 4.78 is 43.4. The van der Waals surface area contributed by atoms with Crippen LogP contribution in [0.25, 0.3) is 0 Å². The molecule has 0 saturated carbocycles. The van der Waals surface area contributed by atoms with Gasteiger partial charge in [0, 0.05) is 5.02 Å². The van der Waals surface area contributed by atoms with Crippen LogP contribution in [0.5, 0.6) is 5.75 Å². The van der Waals surface area contributed by atoms with Gasteiger partial charge in [-0.3, -0.25) is 4.79 Å². The minimum Gasteiger partial charge on any atom is -0.495 e. The number of methoxy groups -OCH3 is 1. The fourth-order valence-corrected chi connectivity index (χ4v) is 2.72. The lowest BCUT2D eigenvalue weighted by Crippen LogP contribution is -2.25. The minimum atomic E-state index is -4.74. The van der Waals surface area contributed by atoms with E-state index < -0.39 is 23.2 Å². The zero-order chi connectivity index (χ0) is 18.8. The number of halogens is 4. The van der Waals surface area contributed by atoms with Crippen LogP contribution in [-0.4, -0.2) is 33.1 Å². The minimum absolute atomic E-state index is 0.243. The molecule has 0 fully saturated rings. The van der Waals surface area contributed by atoms with E-state index in [1.165, 1.54) is 20.1 Å². The molecule has 0 aliphatic rings. The van der Waals surface area contributed by atoms with Crippen LogP contribution in [0.15, 0.2) is 23.4 Å². The Morgan fingerprint density at radius 2 is 2.12 bits per heavy atom. The summed E-state index contributed by atoms with van der Waals surface area (Å²) in [7, 11) is 1.42. The second kappa shape index (κ2) is 7.40. The van der Waals surface area contributed by atoms with Gasteiger partial charge in [-0.25, -0.2) is 4.68 Å². The highest BCUT2D eigenvalue weighted by atomic mass is 35.5.